The Morgan fingerprint density at radius 2 is 1.86 bits per heavy atom. The van der Waals surface area contributed by atoms with Crippen molar-refractivity contribution in [1.29, 1.82) is 0 Å². The maximum Gasteiger partial charge on any atom is 0.251 e. The van der Waals surface area contributed by atoms with E-state index >= 15 is 0 Å². The molecule has 2 aromatic rings. The third kappa shape index (κ3) is 5.63. The van der Waals surface area contributed by atoms with E-state index in [-0.39, 0.29) is 0 Å². The number of methoxy groups -OCH3 is 1. The molecular weight excluding hydrogens is 456 g/mol. The molecule has 0 radical (unpaired) electrons. The molecule has 0 aliphatic carbocycles. The first-order chi connectivity index (χ1) is 17.3. The molecule has 1 atom stereocenters. The predicted molar refractivity (Wildman–Crippen MR) is 143 cm³/mol. The minimum absolute atomic E-state index is 0.306. The van der Waals surface area contributed by atoms with Crippen LogP contribution in [0.25, 0.3) is 0 Å². The zero-order chi connectivity index (χ0) is 25.7. The van der Waals surface area contributed by atoms with Crippen molar-refractivity contribution in [1.82, 2.24) is 15.1 Å². The van der Waals surface area contributed by atoms with E-state index in [1.807, 2.05) is 50.2 Å². The molecule has 1 saturated heterocycles. The number of amides is 1. The third-order valence-electron chi connectivity index (χ3n) is 6.71. The van der Waals surface area contributed by atoms with Crippen LogP contribution in [-0.4, -0.2) is 75.4 Å². The lowest BCUT2D eigenvalue weighted by Gasteiger charge is -2.37. The molecule has 0 bridgehead atoms. The summed E-state index contributed by atoms with van der Waals surface area (Å²) in [5, 5.41) is 6.79. The van der Waals surface area contributed by atoms with Gasteiger partial charge in [0.05, 0.1) is 12.7 Å². The molecule has 2 aliphatic rings. The van der Waals surface area contributed by atoms with E-state index in [2.05, 4.69) is 27.5 Å². The number of nitrogens with zero attached hydrogens (tertiary/aromatic N) is 3. The Bertz CT molecular complexity index is 1140. The smallest absolute Gasteiger partial charge is 0.251 e. The molecule has 0 saturated carbocycles. The number of hydrogen-bond donors (Lipinski definition) is 3. The summed E-state index contributed by atoms with van der Waals surface area (Å²) in [7, 11) is 3.78. The van der Waals surface area contributed by atoms with Crippen LogP contribution in [-0.2, 0) is 10.6 Å². The molecule has 2 heterocycles. The Morgan fingerprint density at radius 3 is 2.47 bits per heavy atom. The number of primary amides is 1. The lowest BCUT2D eigenvalue weighted by Crippen LogP contribution is -2.48. The molecule has 36 heavy (non-hydrogen) atoms. The van der Waals surface area contributed by atoms with Gasteiger partial charge < -0.3 is 30.7 Å². The first kappa shape index (κ1) is 25.5. The zero-order valence-corrected chi connectivity index (χ0v) is 21.5. The Labute approximate surface area is 213 Å². The predicted octanol–water partition coefficient (Wildman–Crippen LogP) is 2.20. The highest BCUT2D eigenvalue weighted by Crippen LogP contribution is 2.36. The van der Waals surface area contributed by atoms with Gasteiger partial charge in [-0.25, -0.2) is 4.99 Å². The molecule has 4 rings (SSSR count). The first-order valence-electron chi connectivity index (χ1n) is 12.2. The lowest BCUT2D eigenvalue weighted by molar-refractivity contribution is -0.114. The number of anilines is 1. The molecule has 9 heteroatoms. The van der Waals surface area contributed by atoms with Crippen LogP contribution in [0.5, 0.6) is 11.5 Å². The van der Waals surface area contributed by atoms with E-state index in [1.165, 1.54) is 6.21 Å². The van der Waals surface area contributed by atoms with Gasteiger partial charge in [-0.2, -0.15) is 0 Å². The number of carbonyl (C=O) groups is 1. The Balaban J connectivity index is 1.54. The van der Waals surface area contributed by atoms with Gasteiger partial charge in [0.25, 0.3) is 5.91 Å². The summed E-state index contributed by atoms with van der Waals surface area (Å²) < 4.78 is 11.7. The van der Waals surface area contributed by atoms with Gasteiger partial charge in [0.2, 0.25) is 5.79 Å². The summed E-state index contributed by atoms with van der Waals surface area (Å²) in [6.07, 6.45) is 3.10. The molecular formula is C27H36N6O3. The Kier molecular flexibility index (Phi) is 7.81. The van der Waals surface area contributed by atoms with Crippen LogP contribution in [0.2, 0.25) is 0 Å². The van der Waals surface area contributed by atoms with E-state index in [9.17, 15) is 4.79 Å². The molecule has 2 aromatic carbocycles. The van der Waals surface area contributed by atoms with Gasteiger partial charge in [-0.05, 0) is 44.2 Å². The highest BCUT2D eigenvalue weighted by Gasteiger charge is 2.35. The number of hydrogen-bond acceptors (Lipinski definition) is 8. The SMILES string of the molecule is COc1cc(NC2(c3c(C)cccc3C)N=CC(C(N)=O)=CN2)ccc1OCCN1CCN(C)CC1. The minimum Gasteiger partial charge on any atom is -0.493 e. The van der Waals surface area contributed by atoms with E-state index in [4.69, 9.17) is 20.2 Å². The van der Waals surface area contributed by atoms with Gasteiger partial charge in [0.15, 0.2) is 11.5 Å². The molecule has 0 aromatic heterocycles. The highest BCUT2D eigenvalue weighted by atomic mass is 16.5. The summed E-state index contributed by atoms with van der Waals surface area (Å²) in [5.41, 5.74) is 9.62. The highest BCUT2D eigenvalue weighted by molar-refractivity contribution is 6.11. The van der Waals surface area contributed by atoms with Crippen molar-refractivity contribution in [3.8, 4) is 11.5 Å². The molecule has 2 aliphatic heterocycles. The van der Waals surface area contributed by atoms with Crippen LogP contribution >= 0.6 is 0 Å². The summed E-state index contributed by atoms with van der Waals surface area (Å²) in [6, 6.07) is 11.8. The van der Waals surface area contributed by atoms with Gasteiger partial charge >= 0.3 is 0 Å². The van der Waals surface area contributed by atoms with Crippen molar-refractivity contribution in [2.75, 3.05) is 58.8 Å². The lowest BCUT2D eigenvalue weighted by atomic mass is 9.95. The molecule has 1 fully saturated rings. The van der Waals surface area contributed by atoms with Crippen LogP contribution in [0.3, 0.4) is 0 Å². The van der Waals surface area contributed by atoms with Gasteiger partial charge in [0.1, 0.15) is 6.61 Å². The average Bonchev–Trinajstić information content (AvgIpc) is 2.86. The quantitative estimate of drug-likeness (QED) is 0.493. The van der Waals surface area contributed by atoms with Crippen molar-refractivity contribution >= 4 is 17.8 Å². The standard InChI is InChI=1S/C27H36N6O3/c1-19-6-5-7-20(2)25(19)27(29-17-21(18-30-27)26(28)34)31-22-8-9-23(24(16-22)35-4)36-15-14-33-12-10-32(3)11-13-33/h5-9,16-18,29,31H,10-15H2,1-4H3,(H2,28,34). The number of carbonyl (C=O) groups excluding carboxylic acids is 1. The van der Waals surface area contributed by atoms with Crippen LogP contribution in [0, 0.1) is 13.8 Å². The number of aliphatic imine (C=N–C) groups is 1. The number of rotatable bonds is 9. The van der Waals surface area contributed by atoms with Gasteiger partial charge in [-0.3, -0.25) is 9.69 Å². The largest absolute Gasteiger partial charge is 0.493 e. The van der Waals surface area contributed by atoms with Crippen molar-refractivity contribution in [3.05, 3.63) is 64.9 Å². The molecule has 0 spiro atoms. The van der Waals surface area contributed by atoms with Crippen LogP contribution in [0.15, 0.2) is 53.2 Å². The number of likely N-dealkylation sites (N-methyl/N-ethyl adjacent to an activating group) is 1. The van der Waals surface area contributed by atoms with Gasteiger partial charge in [-0.15, -0.1) is 0 Å². The fourth-order valence-corrected chi connectivity index (χ4v) is 4.64. The topological polar surface area (TPSA) is 104 Å². The van der Waals surface area contributed by atoms with Crippen molar-refractivity contribution < 1.29 is 14.3 Å². The maximum absolute atomic E-state index is 11.7. The Hall–Kier alpha value is -3.56. The summed E-state index contributed by atoms with van der Waals surface area (Å²) in [4.78, 5) is 21.2. The molecule has 1 amide bonds. The van der Waals surface area contributed by atoms with E-state index in [0.29, 0.717) is 23.7 Å². The normalized spacial score (nSPS) is 20.4. The van der Waals surface area contributed by atoms with E-state index in [0.717, 1.165) is 55.1 Å². The first-order valence-corrected chi connectivity index (χ1v) is 12.2. The van der Waals surface area contributed by atoms with Crippen molar-refractivity contribution in [2.24, 2.45) is 10.7 Å². The number of aryl methyl sites for hydroxylation is 2. The number of ether oxygens (including phenoxy) is 2. The second-order valence-corrected chi connectivity index (χ2v) is 9.33. The number of piperazine rings is 1. The molecule has 9 nitrogen and oxygen atoms in total. The van der Waals surface area contributed by atoms with Crippen LogP contribution < -0.4 is 25.8 Å². The summed E-state index contributed by atoms with van der Waals surface area (Å²) in [6.45, 7) is 9.81. The van der Waals surface area contributed by atoms with Gasteiger partial charge in [-0.1, -0.05) is 18.2 Å². The minimum atomic E-state index is -1.02. The summed E-state index contributed by atoms with van der Waals surface area (Å²) in [5.74, 6) is -0.248. The van der Waals surface area contributed by atoms with Crippen LogP contribution in [0.1, 0.15) is 16.7 Å². The maximum atomic E-state index is 11.7. The fraction of sp³-hybridized carbons (Fsp3) is 0.407. The number of nitrogens with two attached hydrogens (primary N) is 1. The van der Waals surface area contributed by atoms with Crippen molar-refractivity contribution in [2.45, 2.75) is 19.6 Å². The number of benzene rings is 2. The Morgan fingerprint density at radius 1 is 1.14 bits per heavy atom. The third-order valence-corrected chi connectivity index (χ3v) is 6.71. The van der Waals surface area contributed by atoms with Crippen molar-refractivity contribution in [3.63, 3.8) is 0 Å². The van der Waals surface area contributed by atoms with E-state index < -0.39 is 11.7 Å². The second kappa shape index (κ2) is 11.0. The monoisotopic (exact) mass is 492 g/mol. The zero-order valence-electron chi connectivity index (χ0n) is 21.5. The second-order valence-electron chi connectivity index (χ2n) is 9.33. The molecule has 192 valence electrons. The van der Waals surface area contributed by atoms with Crippen LogP contribution in [0.4, 0.5) is 5.69 Å². The summed E-state index contributed by atoms with van der Waals surface area (Å²) >= 11 is 0. The average molecular weight is 493 g/mol. The van der Waals surface area contributed by atoms with E-state index in [1.54, 1.807) is 13.3 Å². The molecule has 4 N–H and O–H groups in total. The fourth-order valence-electron chi connectivity index (χ4n) is 4.64. The molecule has 1 unspecified atom stereocenters. The number of nitrogens with one attached hydrogen (secondary N) is 2. The van der Waals surface area contributed by atoms with Gasteiger partial charge in [0, 0.05) is 62.5 Å².